The molecular weight excluding hydrogens is 417 g/mol. The van der Waals surface area contributed by atoms with E-state index in [1.54, 1.807) is 0 Å². The molecule has 140 valence electrons. The average molecular weight is 451 g/mol. The lowest BCUT2D eigenvalue weighted by Crippen LogP contribution is -2.57. The van der Waals surface area contributed by atoms with E-state index in [-0.39, 0.29) is 30.0 Å². The molecule has 2 saturated heterocycles. The summed E-state index contributed by atoms with van der Waals surface area (Å²) in [5.74, 6) is 1.33. The fraction of sp³-hybridized carbons (Fsp3) is 0.882. The van der Waals surface area contributed by atoms with Crippen molar-refractivity contribution in [3.63, 3.8) is 0 Å². The first-order valence-corrected chi connectivity index (χ1v) is 9.23. The van der Waals surface area contributed by atoms with Gasteiger partial charge in [0.15, 0.2) is 5.96 Å². The molecule has 0 radical (unpaired) electrons. The van der Waals surface area contributed by atoms with Crippen LogP contribution in [0.5, 0.6) is 0 Å². The molecule has 2 heterocycles. The third-order valence-corrected chi connectivity index (χ3v) is 4.76. The van der Waals surface area contributed by atoms with E-state index in [1.807, 2.05) is 4.90 Å². The predicted molar refractivity (Wildman–Crippen MR) is 110 cm³/mol. The van der Waals surface area contributed by atoms with Crippen molar-refractivity contribution in [2.75, 3.05) is 52.4 Å². The largest absolute Gasteiger partial charge is 0.357 e. The van der Waals surface area contributed by atoms with Crippen LogP contribution < -0.4 is 5.32 Å². The van der Waals surface area contributed by atoms with E-state index in [2.05, 4.69) is 40.9 Å². The van der Waals surface area contributed by atoms with Gasteiger partial charge in [0.05, 0.1) is 6.04 Å². The SMILES string of the molecule is CCCN=C(NCC)N1CCN(C(C)C(=O)N2CCCC2)CC1.I. The summed E-state index contributed by atoms with van der Waals surface area (Å²) in [4.78, 5) is 23.9. The van der Waals surface area contributed by atoms with Gasteiger partial charge in [-0.1, -0.05) is 6.92 Å². The van der Waals surface area contributed by atoms with Gasteiger partial charge in [-0.05, 0) is 33.1 Å². The molecule has 2 fully saturated rings. The standard InChI is InChI=1S/C17H33N5O.HI/c1-4-8-19-17(18-5-2)22-13-11-20(12-14-22)15(3)16(23)21-9-6-7-10-21;/h15H,4-14H2,1-3H3,(H,18,19);1H. The molecule has 7 heteroatoms. The Morgan fingerprint density at radius 2 is 1.67 bits per heavy atom. The number of halogens is 1. The lowest BCUT2D eigenvalue weighted by molar-refractivity contribution is -0.135. The second kappa shape index (κ2) is 11.1. The maximum Gasteiger partial charge on any atom is 0.239 e. The van der Waals surface area contributed by atoms with Crippen LogP contribution in [0.15, 0.2) is 4.99 Å². The van der Waals surface area contributed by atoms with Gasteiger partial charge in [0, 0.05) is 52.4 Å². The number of rotatable bonds is 5. The van der Waals surface area contributed by atoms with E-state index < -0.39 is 0 Å². The molecule has 2 rings (SSSR count). The average Bonchev–Trinajstić information content (AvgIpc) is 3.12. The normalized spacial score (nSPS) is 20.7. The summed E-state index contributed by atoms with van der Waals surface area (Å²) >= 11 is 0. The molecule has 0 bridgehead atoms. The molecule has 2 aliphatic rings. The van der Waals surface area contributed by atoms with Gasteiger partial charge in [-0.15, -0.1) is 24.0 Å². The monoisotopic (exact) mass is 451 g/mol. The van der Waals surface area contributed by atoms with Crippen molar-refractivity contribution in [3.05, 3.63) is 0 Å². The number of guanidine groups is 1. The van der Waals surface area contributed by atoms with Crippen molar-refractivity contribution in [2.24, 2.45) is 4.99 Å². The number of likely N-dealkylation sites (tertiary alicyclic amines) is 1. The zero-order chi connectivity index (χ0) is 16.7. The third kappa shape index (κ3) is 5.75. The minimum atomic E-state index is 0. The van der Waals surface area contributed by atoms with Gasteiger partial charge < -0.3 is 15.1 Å². The first-order chi connectivity index (χ1) is 11.2. The summed E-state index contributed by atoms with van der Waals surface area (Å²) in [6, 6.07) is 0.00501. The quantitative estimate of drug-likeness (QED) is 0.392. The molecule has 0 aliphatic carbocycles. The van der Waals surface area contributed by atoms with Crippen molar-refractivity contribution in [3.8, 4) is 0 Å². The molecule has 0 aromatic heterocycles. The molecule has 24 heavy (non-hydrogen) atoms. The number of nitrogens with one attached hydrogen (secondary N) is 1. The molecule has 0 aromatic carbocycles. The highest BCUT2D eigenvalue weighted by molar-refractivity contribution is 14.0. The second-order valence-corrected chi connectivity index (χ2v) is 6.47. The summed E-state index contributed by atoms with van der Waals surface area (Å²) < 4.78 is 0. The van der Waals surface area contributed by atoms with E-state index >= 15 is 0 Å². The number of hydrogen-bond acceptors (Lipinski definition) is 3. The highest BCUT2D eigenvalue weighted by Crippen LogP contribution is 2.14. The zero-order valence-electron chi connectivity index (χ0n) is 15.5. The van der Waals surface area contributed by atoms with Crippen LogP contribution in [0.2, 0.25) is 0 Å². The first kappa shape index (κ1) is 21.5. The Hall–Kier alpha value is -0.570. The van der Waals surface area contributed by atoms with Crippen molar-refractivity contribution in [1.29, 1.82) is 0 Å². The number of hydrogen-bond donors (Lipinski definition) is 1. The number of carbonyl (C=O) groups excluding carboxylic acids is 1. The predicted octanol–water partition coefficient (Wildman–Crippen LogP) is 1.61. The van der Waals surface area contributed by atoms with Gasteiger partial charge in [0.1, 0.15) is 0 Å². The van der Waals surface area contributed by atoms with Crippen LogP contribution in [-0.4, -0.2) is 85.0 Å². The third-order valence-electron chi connectivity index (χ3n) is 4.76. The lowest BCUT2D eigenvalue weighted by Gasteiger charge is -2.39. The molecule has 1 N–H and O–H groups in total. The summed E-state index contributed by atoms with van der Waals surface area (Å²) in [5, 5.41) is 3.38. The fourth-order valence-corrected chi connectivity index (χ4v) is 3.32. The topological polar surface area (TPSA) is 51.2 Å². The Balaban J connectivity index is 0.00000288. The highest BCUT2D eigenvalue weighted by Gasteiger charge is 2.30. The number of nitrogens with zero attached hydrogens (tertiary/aromatic N) is 4. The lowest BCUT2D eigenvalue weighted by atomic mass is 10.2. The maximum absolute atomic E-state index is 12.5. The van der Waals surface area contributed by atoms with Crippen LogP contribution >= 0.6 is 24.0 Å². The van der Waals surface area contributed by atoms with E-state index in [0.29, 0.717) is 5.91 Å². The van der Waals surface area contributed by atoms with Gasteiger partial charge in [-0.25, -0.2) is 0 Å². The van der Waals surface area contributed by atoms with Gasteiger partial charge in [-0.2, -0.15) is 0 Å². The minimum absolute atomic E-state index is 0. The number of piperazine rings is 1. The molecule has 1 atom stereocenters. The number of aliphatic imine (C=N–C) groups is 1. The zero-order valence-corrected chi connectivity index (χ0v) is 17.8. The van der Waals surface area contributed by atoms with Crippen molar-refractivity contribution in [1.82, 2.24) is 20.0 Å². The summed E-state index contributed by atoms with van der Waals surface area (Å²) in [7, 11) is 0. The van der Waals surface area contributed by atoms with E-state index in [9.17, 15) is 4.79 Å². The Labute approximate surface area is 164 Å². The molecule has 0 saturated carbocycles. The van der Waals surface area contributed by atoms with Crippen LogP contribution in [0.4, 0.5) is 0 Å². The van der Waals surface area contributed by atoms with Crippen molar-refractivity contribution in [2.45, 2.75) is 46.1 Å². The molecule has 0 spiro atoms. The summed E-state index contributed by atoms with van der Waals surface area (Å²) in [6.45, 7) is 13.7. The molecule has 0 aromatic rings. The smallest absolute Gasteiger partial charge is 0.239 e. The molecule has 1 unspecified atom stereocenters. The van der Waals surface area contributed by atoms with Crippen LogP contribution in [-0.2, 0) is 4.79 Å². The van der Waals surface area contributed by atoms with Crippen molar-refractivity contribution < 1.29 is 4.79 Å². The van der Waals surface area contributed by atoms with E-state index in [4.69, 9.17) is 0 Å². The van der Waals surface area contributed by atoms with Gasteiger partial charge in [0.2, 0.25) is 5.91 Å². The van der Waals surface area contributed by atoms with Crippen LogP contribution in [0.3, 0.4) is 0 Å². The van der Waals surface area contributed by atoms with E-state index in [0.717, 1.165) is 77.6 Å². The summed E-state index contributed by atoms with van der Waals surface area (Å²) in [5.41, 5.74) is 0. The molecule has 6 nitrogen and oxygen atoms in total. The second-order valence-electron chi connectivity index (χ2n) is 6.47. The van der Waals surface area contributed by atoms with Gasteiger partial charge in [-0.3, -0.25) is 14.7 Å². The first-order valence-electron chi connectivity index (χ1n) is 9.23. The van der Waals surface area contributed by atoms with Crippen LogP contribution in [0, 0.1) is 0 Å². The number of amides is 1. The van der Waals surface area contributed by atoms with Crippen LogP contribution in [0.25, 0.3) is 0 Å². The van der Waals surface area contributed by atoms with Crippen molar-refractivity contribution >= 4 is 35.8 Å². The molecule has 2 aliphatic heterocycles. The van der Waals surface area contributed by atoms with Crippen LogP contribution in [0.1, 0.15) is 40.0 Å². The number of carbonyl (C=O) groups is 1. The highest BCUT2D eigenvalue weighted by atomic mass is 127. The van der Waals surface area contributed by atoms with Gasteiger partial charge >= 0.3 is 0 Å². The Morgan fingerprint density at radius 1 is 1.04 bits per heavy atom. The summed E-state index contributed by atoms with van der Waals surface area (Å²) in [6.07, 6.45) is 3.38. The molecule has 1 amide bonds. The van der Waals surface area contributed by atoms with E-state index in [1.165, 1.54) is 0 Å². The Kier molecular flexibility index (Phi) is 9.95. The molecular formula is C17H34IN5O. The Morgan fingerprint density at radius 3 is 2.21 bits per heavy atom. The van der Waals surface area contributed by atoms with Gasteiger partial charge in [0.25, 0.3) is 0 Å². The maximum atomic E-state index is 12.5. The fourth-order valence-electron chi connectivity index (χ4n) is 3.32. The minimum Gasteiger partial charge on any atom is -0.357 e. The Bertz CT molecular complexity index is 404.